The zero-order valence-corrected chi connectivity index (χ0v) is 17.7. The lowest BCUT2D eigenvalue weighted by molar-refractivity contribution is -0.157. The number of hydrogen-bond donors (Lipinski definition) is 0. The van der Waals surface area contributed by atoms with Gasteiger partial charge in [0.25, 0.3) is 17.7 Å². The summed E-state index contributed by atoms with van der Waals surface area (Å²) in [4.78, 5) is 56.7. The summed E-state index contributed by atoms with van der Waals surface area (Å²) in [5.41, 5.74) is 0.930. The van der Waals surface area contributed by atoms with Crippen LogP contribution in [0.5, 0.6) is 0 Å². The van der Waals surface area contributed by atoms with Crippen LogP contribution in [0.2, 0.25) is 25.7 Å². The summed E-state index contributed by atoms with van der Waals surface area (Å²) in [6, 6.07) is 1.56. The van der Waals surface area contributed by atoms with Crippen molar-refractivity contribution in [3.8, 4) is 0 Å². The maximum Gasteiger partial charge on any atom is 0.280 e. The van der Waals surface area contributed by atoms with Crippen molar-refractivity contribution in [2.24, 2.45) is 0 Å². The van der Waals surface area contributed by atoms with E-state index in [4.69, 9.17) is 4.74 Å². The normalized spacial score (nSPS) is 20.2. The molecule has 150 valence electrons. The SMILES string of the molecule is Cc1ccnc2c1C(=O)N(C1CCC(=O)N(COCC[Si](C)(C)C)C1=O)C2=O. The van der Waals surface area contributed by atoms with Gasteiger partial charge < -0.3 is 4.74 Å². The average molecular weight is 404 g/mol. The first-order valence-electron chi connectivity index (χ1n) is 9.37. The number of aromatic nitrogens is 1. The number of pyridine rings is 1. The molecule has 9 heteroatoms. The molecule has 28 heavy (non-hydrogen) atoms. The van der Waals surface area contributed by atoms with Crippen LogP contribution in [-0.4, -0.2) is 65.9 Å². The van der Waals surface area contributed by atoms with Gasteiger partial charge in [0.1, 0.15) is 18.5 Å². The molecule has 4 amide bonds. The molecule has 0 radical (unpaired) electrons. The van der Waals surface area contributed by atoms with E-state index in [-0.39, 0.29) is 36.7 Å². The highest BCUT2D eigenvalue weighted by Gasteiger charge is 2.48. The number of carbonyl (C=O) groups excluding carboxylic acids is 4. The number of fused-ring (bicyclic) bond motifs is 1. The molecule has 0 bridgehead atoms. The molecule has 2 aliphatic heterocycles. The Morgan fingerprint density at radius 1 is 1.18 bits per heavy atom. The lowest BCUT2D eigenvalue weighted by atomic mass is 10.0. The number of nitrogens with zero attached hydrogens (tertiary/aromatic N) is 3. The van der Waals surface area contributed by atoms with Crippen molar-refractivity contribution >= 4 is 31.7 Å². The van der Waals surface area contributed by atoms with E-state index >= 15 is 0 Å². The Hall–Kier alpha value is -2.39. The summed E-state index contributed by atoms with van der Waals surface area (Å²) < 4.78 is 5.55. The summed E-state index contributed by atoms with van der Waals surface area (Å²) in [6.07, 6.45) is 1.66. The average Bonchev–Trinajstić information content (AvgIpc) is 2.86. The van der Waals surface area contributed by atoms with Gasteiger partial charge in [-0.2, -0.15) is 0 Å². The molecule has 0 N–H and O–H groups in total. The van der Waals surface area contributed by atoms with Crippen molar-refractivity contribution in [3.05, 3.63) is 29.1 Å². The van der Waals surface area contributed by atoms with Gasteiger partial charge in [0, 0.05) is 27.3 Å². The van der Waals surface area contributed by atoms with Crippen molar-refractivity contribution in [2.45, 2.75) is 51.5 Å². The van der Waals surface area contributed by atoms with Crippen molar-refractivity contribution in [3.63, 3.8) is 0 Å². The Labute approximate surface area is 164 Å². The molecule has 1 unspecified atom stereocenters. The first kappa shape index (κ1) is 20.3. The fourth-order valence-electron chi connectivity index (χ4n) is 3.33. The van der Waals surface area contributed by atoms with Gasteiger partial charge in [-0.25, -0.2) is 0 Å². The Kier molecular flexibility index (Phi) is 5.49. The van der Waals surface area contributed by atoms with Gasteiger partial charge in [0.15, 0.2) is 0 Å². The van der Waals surface area contributed by atoms with Gasteiger partial charge in [0.2, 0.25) is 5.91 Å². The zero-order valence-electron chi connectivity index (χ0n) is 16.7. The third kappa shape index (κ3) is 3.77. The predicted molar refractivity (Wildman–Crippen MR) is 103 cm³/mol. The Balaban J connectivity index is 1.74. The smallest absolute Gasteiger partial charge is 0.280 e. The number of piperidine rings is 1. The fraction of sp³-hybridized carbons (Fsp3) is 0.526. The van der Waals surface area contributed by atoms with E-state index in [0.717, 1.165) is 15.8 Å². The fourth-order valence-corrected chi connectivity index (χ4v) is 4.09. The molecule has 1 saturated heterocycles. The highest BCUT2D eigenvalue weighted by molar-refractivity contribution is 6.76. The molecular formula is C19H25N3O5Si. The van der Waals surface area contributed by atoms with Crippen LogP contribution in [0.15, 0.2) is 12.3 Å². The topological polar surface area (TPSA) is 96.9 Å². The number of imide groups is 2. The van der Waals surface area contributed by atoms with E-state index in [1.165, 1.54) is 6.20 Å². The van der Waals surface area contributed by atoms with Gasteiger partial charge in [-0.1, -0.05) is 19.6 Å². The van der Waals surface area contributed by atoms with Crippen LogP contribution < -0.4 is 0 Å². The van der Waals surface area contributed by atoms with Crippen LogP contribution in [0.4, 0.5) is 0 Å². The third-order valence-corrected chi connectivity index (χ3v) is 6.73. The predicted octanol–water partition coefficient (Wildman–Crippen LogP) is 1.82. The first-order chi connectivity index (χ1) is 13.1. The van der Waals surface area contributed by atoms with E-state index in [1.807, 2.05) is 0 Å². The van der Waals surface area contributed by atoms with E-state index < -0.39 is 31.8 Å². The van der Waals surface area contributed by atoms with Crippen molar-refractivity contribution < 1.29 is 23.9 Å². The van der Waals surface area contributed by atoms with E-state index in [0.29, 0.717) is 12.2 Å². The van der Waals surface area contributed by atoms with Crippen LogP contribution in [0.1, 0.15) is 39.3 Å². The van der Waals surface area contributed by atoms with Gasteiger partial charge in [-0.15, -0.1) is 0 Å². The Bertz CT molecular complexity index is 848. The maximum absolute atomic E-state index is 12.9. The number of rotatable bonds is 6. The molecule has 0 spiro atoms. The van der Waals surface area contributed by atoms with Crippen molar-refractivity contribution in [1.29, 1.82) is 0 Å². The minimum Gasteiger partial charge on any atom is -0.361 e. The highest BCUT2D eigenvalue weighted by Crippen LogP contribution is 2.29. The molecule has 8 nitrogen and oxygen atoms in total. The highest BCUT2D eigenvalue weighted by atomic mass is 28.3. The molecular weight excluding hydrogens is 378 g/mol. The largest absolute Gasteiger partial charge is 0.361 e. The lowest BCUT2D eigenvalue weighted by Gasteiger charge is -2.34. The number of ether oxygens (including phenoxy) is 1. The van der Waals surface area contributed by atoms with Crippen molar-refractivity contribution in [2.75, 3.05) is 13.3 Å². The minimum absolute atomic E-state index is 0.0626. The lowest BCUT2D eigenvalue weighted by Crippen LogP contribution is -2.56. The summed E-state index contributed by atoms with van der Waals surface area (Å²) in [7, 11) is -1.29. The van der Waals surface area contributed by atoms with E-state index in [1.54, 1.807) is 13.0 Å². The monoisotopic (exact) mass is 403 g/mol. The second-order valence-corrected chi connectivity index (χ2v) is 14.0. The van der Waals surface area contributed by atoms with Gasteiger partial charge in [-0.3, -0.25) is 34.0 Å². The second kappa shape index (κ2) is 7.55. The molecule has 0 aliphatic carbocycles. The molecule has 3 rings (SSSR count). The molecule has 3 heterocycles. The molecule has 1 aromatic heterocycles. The minimum atomic E-state index is -1.29. The first-order valence-corrected chi connectivity index (χ1v) is 13.1. The molecule has 2 aliphatic rings. The summed E-state index contributed by atoms with van der Waals surface area (Å²) in [6.45, 7) is 8.67. The number of aryl methyl sites for hydroxylation is 1. The van der Waals surface area contributed by atoms with Crippen LogP contribution in [0.3, 0.4) is 0 Å². The molecule has 0 aromatic carbocycles. The quantitative estimate of drug-likeness (QED) is 0.408. The number of amides is 4. The number of carbonyl (C=O) groups is 4. The molecule has 1 atom stereocenters. The van der Waals surface area contributed by atoms with Crippen LogP contribution in [0.25, 0.3) is 0 Å². The van der Waals surface area contributed by atoms with E-state index in [9.17, 15) is 19.2 Å². The molecule has 1 aromatic rings. The van der Waals surface area contributed by atoms with Crippen LogP contribution >= 0.6 is 0 Å². The van der Waals surface area contributed by atoms with Crippen LogP contribution in [-0.2, 0) is 14.3 Å². The molecule has 1 fully saturated rings. The summed E-state index contributed by atoms with van der Waals surface area (Å²) >= 11 is 0. The van der Waals surface area contributed by atoms with Crippen molar-refractivity contribution in [1.82, 2.24) is 14.8 Å². The standard InChI is InChI=1S/C19H25N3O5Si/c1-12-7-8-20-16-15(12)18(25)22(19(16)26)13-5-6-14(23)21(17(13)24)11-27-9-10-28(2,3)4/h7-8,13H,5-6,9-11H2,1-4H3. The molecule has 0 saturated carbocycles. The van der Waals surface area contributed by atoms with Gasteiger partial charge in [-0.05, 0) is 31.0 Å². The van der Waals surface area contributed by atoms with E-state index in [2.05, 4.69) is 24.6 Å². The maximum atomic E-state index is 12.9. The summed E-state index contributed by atoms with van der Waals surface area (Å²) in [5, 5.41) is 0. The Morgan fingerprint density at radius 2 is 1.89 bits per heavy atom. The summed E-state index contributed by atoms with van der Waals surface area (Å²) in [5.74, 6) is -2.04. The number of hydrogen-bond acceptors (Lipinski definition) is 6. The van der Waals surface area contributed by atoms with Gasteiger partial charge >= 0.3 is 0 Å². The zero-order chi connectivity index (χ0) is 20.6. The Morgan fingerprint density at radius 3 is 2.54 bits per heavy atom. The third-order valence-electron chi connectivity index (χ3n) is 5.03. The van der Waals surface area contributed by atoms with Crippen LogP contribution in [0, 0.1) is 6.92 Å². The number of likely N-dealkylation sites (tertiary alicyclic amines) is 1. The van der Waals surface area contributed by atoms with Gasteiger partial charge in [0.05, 0.1) is 5.56 Å². The second-order valence-electron chi connectivity index (χ2n) is 8.39.